The first-order chi connectivity index (χ1) is 12.7. The third-order valence-corrected chi connectivity index (χ3v) is 5.48. The van der Waals surface area contributed by atoms with Crippen molar-refractivity contribution in [3.8, 4) is 0 Å². The molecule has 0 aromatic heterocycles. The summed E-state index contributed by atoms with van der Waals surface area (Å²) < 4.78 is 11.2. The zero-order valence-electron chi connectivity index (χ0n) is 14.8. The van der Waals surface area contributed by atoms with E-state index in [1.165, 1.54) is 0 Å². The van der Waals surface area contributed by atoms with E-state index in [1.807, 2.05) is 30.3 Å². The third-order valence-electron chi connectivity index (χ3n) is 5.48. The third kappa shape index (κ3) is 3.43. The van der Waals surface area contributed by atoms with Crippen LogP contribution < -0.4 is 0 Å². The summed E-state index contributed by atoms with van der Waals surface area (Å²) in [6.07, 6.45) is 7.85. The van der Waals surface area contributed by atoms with Crippen molar-refractivity contribution in [2.45, 2.75) is 51.4 Å². The summed E-state index contributed by atoms with van der Waals surface area (Å²) in [6, 6.07) is 9.31. The van der Waals surface area contributed by atoms with Gasteiger partial charge in [0.25, 0.3) is 0 Å². The maximum absolute atomic E-state index is 12.6. The maximum atomic E-state index is 12.6. The molecule has 1 aromatic rings. The second-order valence-corrected chi connectivity index (χ2v) is 7.27. The number of cyclic esters (lactones) is 1. The molecule has 0 N–H and O–H groups in total. The molecular formula is C21H23NO4. The van der Waals surface area contributed by atoms with Crippen LogP contribution in [0.5, 0.6) is 0 Å². The van der Waals surface area contributed by atoms with Crippen molar-refractivity contribution >= 4 is 17.8 Å². The number of hydrogen-bond donors (Lipinski definition) is 0. The van der Waals surface area contributed by atoms with Crippen molar-refractivity contribution in [2.75, 3.05) is 0 Å². The summed E-state index contributed by atoms with van der Waals surface area (Å²) in [5, 5.41) is 0. The van der Waals surface area contributed by atoms with Crippen LogP contribution in [-0.4, -0.2) is 17.8 Å². The Morgan fingerprint density at radius 3 is 2.23 bits per heavy atom. The molecule has 0 amide bonds. The van der Waals surface area contributed by atoms with E-state index < -0.39 is 5.97 Å². The average Bonchev–Trinajstić information content (AvgIpc) is 3.42. The monoisotopic (exact) mass is 353 g/mol. The molecular weight excluding hydrogens is 330 g/mol. The van der Waals surface area contributed by atoms with Crippen LogP contribution in [0.3, 0.4) is 0 Å². The Kier molecular flexibility index (Phi) is 4.87. The number of carbonyl (C=O) groups is 2. The van der Waals surface area contributed by atoms with Crippen LogP contribution in [0, 0.1) is 11.8 Å². The minimum atomic E-state index is -0.523. The van der Waals surface area contributed by atoms with Crippen LogP contribution in [0.2, 0.25) is 0 Å². The second kappa shape index (κ2) is 7.44. The minimum absolute atomic E-state index is 0.0537. The van der Waals surface area contributed by atoms with Crippen molar-refractivity contribution < 1.29 is 19.1 Å². The van der Waals surface area contributed by atoms with Crippen molar-refractivity contribution in [2.24, 2.45) is 16.8 Å². The molecule has 2 aliphatic carbocycles. The van der Waals surface area contributed by atoms with Gasteiger partial charge in [0, 0.05) is 11.5 Å². The summed E-state index contributed by atoms with van der Waals surface area (Å²) in [5.41, 5.74) is 0.908. The van der Waals surface area contributed by atoms with Gasteiger partial charge in [-0.1, -0.05) is 43.9 Å². The van der Waals surface area contributed by atoms with E-state index in [1.54, 1.807) is 0 Å². The van der Waals surface area contributed by atoms with Gasteiger partial charge in [-0.3, -0.25) is 4.79 Å². The smallest absolute Gasteiger partial charge is 0.367 e. The van der Waals surface area contributed by atoms with E-state index in [0.29, 0.717) is 5.76 Å². The van der Waals surface area contributed by atoms with Crippen LogP contribution >= 0.6 is 0 Å². The van der Waals surface area contributed by atoms with E-state index in [-0.39, 0.29) is 29.4 Å². The van der Waals surface area contributed by atoms with Gasteiger partial charge in [-0.05, 0) is 37.8 Å². The molecule has 4 rings (SSSR count). The predicted octanol–water partition coefficient (Wildman–Crippen LogP) is 4.13. The molecule has 0 saturated heterocycles. The number of aliphatic imine (C=N–C) groups is 1. The fourth-order valence-corrected chi connectivity index (χ4v) is 4.03. The lowest BCUT2D eigenvalue weighted by Crippen LogP contribution is -2.19. The average molecular weight is 353 g/mol. The summed E-state index contributed by atoms with van der Waals surface area (Å²) in [6.45, 7) is 0. The van der Waals surface area contributed by atoms with Gasteiger partial charge in [0.1, 0.15) is 5.76 Å². The van der Waals surface area contributed by atoms with Crippen LogP contribution in [-0.2, 0) is 19.1 Å². The summed E-state index contributed by atoms with van der Waals surface area (Å²) in [4.78, 5) is 29.5. The van der Waals surface area contributed by atoms with Crippen LogP contribution in [0.15, 0.2) is 46.8 Å². The number of benzene rings is 1. The molecule has 26 heavy (non-hydrogen) atoms. The normalized spacial score (nSPS) is 23.1. The predicted molar refractivity (Wildman–Crippen MR) is 96.1 cm³/mol. The number of hydrogen-bond acceptors (Lipinski definition) is 5. The molecule has 0 atom stereocenters. The Morgan fingerprint density at radius 1 is 0.962 bits per heavy atom. The molecule has 0 bridgehead atoms. The number of esters is 2. The standard InChI is InChI=1S/C21H23NO4/c23-20(16-12-6-7-13-16)25-18(14-8-4-5-9-14)17-21(24)26-19(22-17)15-10-2-1-3-11-15/h1-3,10-11,14,16H,4-9,12-13H2. The zero-order chi connectivity index (χ0) is 17.9. The van der Waals surface area contributed by atoms with Gasteiger partial charge < -0.3 is 9.47 Å². The Hall–Kier alpha value is -2.43. The molecule has 1 aromatic carbocycles. The fraction of sp³-hybridized carbons (Fsp3) is 0.476. The van der Waals surface area contributed by atoms with Gasteiger partial charge >= 0.3 is 11.9 Å². The zero-order valence-corrected chi connectivity index (χ0v) is 14.8. The molecule has 1 heterocycles. The van der Waals surface area contributed by atoms with Crippen LogP contribution in [0.25, 0.3) is 0 Å². The van der Waals surface area contributed by atoms with Gasteiger partial charge in [-0.15, -0.1) is 0 Å². The first kappa shape index (κ1) is 17.0. The highest BCUT2D eigenvalue weighted by Gasteiger charge is 2.36. The van der Waals surface area contributed by atoms with Gasteiger partial charge in [0.15, 0.2) is 5.70 Å². The number of nitrogens with zero attached hydrogens (tertiary/aromatic N) is 1. The van der Waals surface area contributed by atoms with Crippen molar-refractivity contribution in [3.63, 3.8) is 0 Å². The van der Waals surface area contributed by atoms with Gasteiger partial charge in [0.2, 0.25) is 5.90 Å². The topological polar surface area (TPSA) is 65.0 Å². The second-order valence-electron chi connectivity index (χ2n) is 7.27. The summed E-state index contributed by atoms with van der Waals surface area (Å²) >= 11 is 0. The minimum Gasteiger partial charge on any atom is -0.428 e. The number of allylic oxidation sites excluding steroid dienone is 1. The number of ether oxygens (including phenoxy) is 2. The highest BCUT2D eigenvalue weighted by molar-refractivity contribution is 6.11. The molecule has 136 valence electrons. The van der Waals surface area contributed by atoms with E-state index in [4.69, 9.17) is 9.47 Å². The molecule has 5 nitrogen and oxygen atoms in total. The van der Waals surface area contributed by atoms with Gasteiger partial charge in [0.05, 0.1) is 5.92 Å². The molecule has 2 fully saturated rings. The molecule has 5 heteroatoms. The molecule has 0 radical (unpaired) electrons. The summed E-state index contributed by atoms with van der Waals surface area (Å²) in [7, 11) is 0. The highest BCUT2D eigenvalue weighted by Crippen LogP contribution is 2.37. The van der Waals surface area contributed by atoms with E-state index >= 15 is 0 Å². The molecule has 0 unspecified atom stereocenters. The van der Waals surface area contributed by atoms with E-state index in [2.05, 4.69) is 4.99 Å². The molecule has 2 saturated carbocycles. The van der Waals surface area contributed by atoms with E-state index in [9.17, 15) is 9.59 Å². The number of carbonyl (C=O) groups excluding carboxylic acids is 2. The fourth-order valence-electron chi connectivity index (χ4n) is 4.03. The Balaban J connectivity index is 1.66. The Morgan fingerprint density at radius 2 is 1.58 bits per heavy atom. The molecule has 1 aliphatic heterocycles. The van der Waals surface area contributed by atoms with Crippen LogP contribution in [0.4, 0.5) is 0 Å². The number of rotatable bonds is 4. The SMILES string of the molecule is O=C1OC(c2ccccc2)=NC1=C(OC(=O)C1CCCC1)C1CCCC1. The van der Waals surface area contributed by atoms with Gasteiger partial charge in [-0.25, -0.2) is 9.79 Å². The van der Waals surface area contributed by atoms with Crippen molar-refractivity contribution in [1.29, 1.82) is 0 Å². The first-order valence-electron chi connectivity index (χ1n) is 9.54. The van der Waals surface area contributed by atoms with Crippen molar-refractivity contribution in [3.05, 3.63) is 47.4 Å². The Bertz CT molecular complexity index is 753. The first-order valence-corrected chi connectivity index (χ1v) is 9.54. The quantitative estimate of drug-likeness (QED) is 0.464. The lowest BCUT2D eigenvalue weighted by atomic mass is 10.0. The molecule has 0 spiro atoms. The lowest BCUT2D eigenvalue weighted by Gasteiger charge is -2.17. The van der Waals surface area contributed by atoms with Gasteiger partial charge in [-0.2, -0.15) is 0 Å². The largest absolute Gasteiger partial charge is 0.428 e. The highest BCUT2D eigenvalue weighted by atomic mass is 16.6. The van der Waals surface area contributed by atoms with Crippen LogP contribution in [0.1, 0.15) is 56.9 Å². The van der Waals surface area contributed by atoms with Crippen molar-refractivity contribution in [1.82, 2.24) is 0 Å². The molecule has 3 aliphatic rings. The van der Waals surface area contributed by atoms with E-state index in [0.717, 1.165) is 56.9 Å². The Labute approximate surface area is 153 Å². The summed E-state index contributed by atoms with van der Waals surface area (Å²) in [5.74, 6) is -0.0184. The lowest BCUT2D eigenvalue weighted by molar-refractivity contribution is -0.145. The maximum Gasteiger partial charge on any atom is 0.367 e.